The molecule has 0 aromatic heterocycles. The van der Waals surface area contributed by atoms with Crippen molar-refractivity contribution in [1.29, 1.82) is 0 Å². The van der Waals surface area contributed by atoms with Crippen LogP contribution in [0.25, 0.3) is 0 Å². The van der Waals surface area contributed by atoms with E-state index in [0.717, 1.165) is 38.5 Å². The summed E-state index contributed by atoms with van der Waals surface area (Å²) in [5.74, 6) is 0. The third-order valence-electron chi connectivity index (χ3n) is 5.93. The van der Waals surface area contributed by atoms with E-state index in [2.05, 4.69) is 5.32 Å². The minimum absolute atomic E-state index is 0.0680. The number of aliphatic hydroxyl groups is 1. The molecule has 3 aliphatic rings. The van der Waals surface area contributed by atoms with E-state index in [-0.39, 0.29) is 24.3 Å². The van der Waals surface area contributed by atoms with E-state index >= 15 is 0 Å². The largest absolute Gasteiger partial charge is 0.449 e. The number of carbonyl (C=O) groups is 2. The predicted octanol–water partition coefficient (Wildman–Crippen LogP) is 2.57. The number of rotatable bonds is 3. The Morgan fingerprint density at radius 3 is 2.64 bits per heavy atom. The minimum Gasteiger partial charge on any atom is -0.449 e. The predicted molar refractivity (Wildman–Crippen MR) is 102 cm³/mol. The van der Waals surface area contributed by atoms with Crippen molar-refractivity contribution in [2.75, 3.05) is 19.8 Å². The molecule has 1 saturated carbocycles. The first kappa shape index (κ1) is 21.2. The molecule has 1 aliphatic carbocycles. The Kier molecular flexibility index (Phi) is 6.39. The second-order valence-corrected chi connectivity index (χ2v) is 9.22. The van der Waals surface area contributed by atoms with Gasteiger partial charge in [0.25, 0.3) is 0 Å². The second kappa shape index (κ2) is 8.45. The number of alkyl carbamates (subject to hydrolysis) is 1. The number of cyclic esters (lactones) is 1. The Hall–Kier alpha value is -1.54. The maximum Gasteiger partial charge on any atom is 0.410 e. The summed E-state index contributed by atoms with van der Waals surface area (Å²) < 4.78 is 16.9. The first-order chi connectivity index (χ1) is 13.2. The van der Waals surface area contributed by atoms with Crippen LogP contribution in [0.4, 0.5) is 9.59 Å². The molecular formula is C20H34N2O6. The third-order valence-corrected chi connectivity index (χ3v) is 5.93. The van der Waals surface area contributed by atoms with Gasteiger partial charge in [0.05, 0.1) is 37.0 Å². The zero-order valence-electron chi connectivity index (χ0n) is 17.2. The summed E-state index contributed by atoms with van der Waals surface area (Å²) in [4.78, 5) is 26.6. The van der Waals surface area contributed by atoms with Crippen LogP contribution in [0.15, 0.2) is 0 Å². The summed E-state index contributed by atoms with van der Waals surface area (Å²) in [6.45, 7) is 6.78. The van der Waals surface area contributed by atoms with Crippen LogP contribution in [0, 0.1) is 0 Å². The van der Waals surface area contributed by atoms with Gasteiger partial charge in [0.2, 0.25) is 0 Å². The van der Waals surface area contributed by atoms with Gasteiger partial charge >= 0.3 is 12.2 Å². The summed E-state index contributed by atoms with van der Waals surface area (Å²) in [6.07, 6.45) is 4.29. The molecule has 3 fully saturated rings. The van der Waals surface area contributed by atoms with Gasteiger partial charge in [0.1, 0.15) is 5.60 Å². The van der Waals surface area contributed by atoms with Crippen molar-refractivity contribution in [2.24, 2.45) is 0 Å². The van der Waals surface area contributed by atoms with Crippen LogP contribution >= 0.6 is 0 Å². The maximum atomic E-state index is 12.9. The molecule has 2 aliphatic heterocycles. The lowest BCUT2D eigenvalue weighted by Gasteiger charge is -2.51. The number of ether oxygens (including phenoxy) is 3. The standard InChI is InChI=1S/C20H34N2O6/c1-19(2,3)28-18(25)22-11-4-9-20(10-12-26-17(24)21-20)16(22)13-27-15-7-5-14(23)6-8-15/h14-16,23H,4-13H2,1-3H3,(H,21,24)/t14?,15?,16-,20+/m0/s1. The summed E-state index contributed by atoms with van der Waals surface area (Å²) in [6, 6.07) is -0.309. The molecular weight excluding hydrogens is 364 g/mol. The Balaban J connectivity index is 1.75. The SMILES string of the molecule is CC(C)(C)OC(=O)N1CCC[C@@]2(CCOC(=O)N2)[C@@H]1COC1CCC(O)CC1. The van der Waals surface area contributed by atoms with Crippen LogP contribution in [0.2, 0.25) is 0 Å². The fraction of sp³-hybridized carbons (Fsp3) is 0.900. The van der Waals surface area contributed by atoms with Gasteiger partial charge in [-0.2, -0.15) is 0 Å². The number of amides is 2. The molecule has 0 bridgehead atoms. The highest BCUT2D eigenvalue weighted by Gasteiger charge is 2.50. The lowest BCUT2D eigenvalue weighted by Crippen LogP contribution is -2.70. The number of aliphatic hydroxyl groups excluding tert-OH is 1. The first-order valence-corrected chi connectivity index (χ1v) is 10.4. The highest BCUT2D eigenvalue weighted by atomic mass is 16.6. The summed E-state index contributed by atoms with van der Waals surface area (Å²) in [5.41, 5.74) is -1.15. The van der Waals surface area contributed by atoms with Gasteiger partial charge in [-0.3, -0.25) is 0 Å². The van der Waals surface area contributed by atoms with Crippen molar-refractivity contribution < 1.29 is 28.9 Å². The van der Waals surface area contributed by atoms with E-state index in [1.165, 1.54) is 0 Å². The lowest BCUT2D eigenvalue weighted by molar-refractivity contribution is -0.0747. The quantitative estimate of drug-likeness (QED) is 0.758. The van der Waals surface area contributed by atoms with E-state index in [1.54, 1.807) is 4.90 Å². The lowest BCUT2D eigenvalue weighted by atomic mass is 9.78. The van der Waals surface area contributed by atoms with Gasteiger partial charge in [0.15, 0.2) is 0 Å². The Morgan fingerprint density at radius 2 is 2.00 bits per heavy atom. The molecule has 3 rings (SSSR count). The van der Waals surface area contributed by atoms with Gasteiger partial charge < -0.3 is 29.5 Å². The van der Waals surface area contributed by atoms with Crippen LogP contribution in [-0.4, -0.2) is 71.3 Å². The topological polar surface area (TPSA) is 97.3 Å². The molecule has 2 amide bonds. The highest BCUT2D eigenvalue weighted by Crippen LogP contribution is 2.35. The van der Waals surface area contributed by atoms with Crippen molar-refractivity contribution in [3.63, 3.8) is 0 Å². The number of hydrogen-bond donors (Lipinski definition) is 2. The number of likely N-dealkylation sites (tertiary alicyclic amines) is 1. The summed E-state index contributed by atoms with van der Waals surface area (Å²) in [7, 11) is 0. The number of carbonyl (C=O) groups excluding carboxylic acids is 2. The van der Waals surface area contributed by atoms with Crippen molar-refractivity contribution in [3.05, 3.63) is 0 Å². The molecule has 8 nitrogen and oxygen atoms in total. The Morgan fingerprint density at radius 1 is 1.29 bits per heavy atom. The molecule has 0 unspecified atom stereocenters. The van der Waals surface area contributed by atoms with Crippen LogP contribution in [-0.2, 0) is 14.2 Å². The molecule has 2 saturated heterocycles. The van der Waals surface area contributed by atoms with Crippen LogP contribution < -0.4 is 5.32 Å². The van der Waals surface area contributed by atoms with E-state index < -0.39 is 17.2 Å². The van der Waals surface area contributed by atoms with E-state index in [4.69, 9.17) is 14.2 Å². The van der Waals surface area contributed by atoms with Crippen LogP contribution in [0.1, 0.15) is 65.7 Å². The minimum atomic E-state index is -0.592. The summed E-state index contributed by atoms with van der Waals surface area (Å²) in [5, 5.41) is 12.7. The first-order valence-electron chi connectivity index (χ1n) is 10.4. The van der Waals surface area contributed by atoms with E-state index in [0.29, 0.717) is 26.2 Å². The van der Waals surface area contributed by atoms with E-state index in [1.807, 2.05) is 20.8 Å². The summed E-state index contributed by atoms with van der Waals surface area (Å²) >= 11 is 0. The fourth-order valence-corrected chi connectivity index (χ4v) is 4.48. The second-order valence-electron chi connectivity index (χ2n) is 9.22. The monoisotopic (exact) mass is 398 g/mol. The molecule has 0 aromatic carbocycles. The number of piperidine rings is 1. The molecule has 0 radical (unpaired) electrons. The van der Waals surface area contributed by atoms with Crippen molar-refractivity contribution in [1.82, 2.24) is 10.2 Å². The van der Waals surface area contributed by atoms with Gasteiger partial charge in [0, 0.05) is 13.0 Å². The number of hydrogen-bond acceptors (Lipinski definition) is 6. The van der Waals surface area contributed by atoms with Gasteiger partial charge in [-0.05, 0) is 59.3 Å². The normalized spacial score (nSPS) is 33.9. The molecule has 0 aromatic rings. The number of nitrogens with zero attached hydrogens (tertiary/aromatic N) is 1. The third kappa shape index (κ3) is 5.08. The van der Waals surface area contributed by atoms with Crippen LogP contribution in [0.5, 0.6) is 0 Å². The van der Waals surface area contributed by atoms with Crippen molar-refractivity contribution in [2.45, 2.75) is 95.1 Å². The molecule has 2 atom stereocenters. The average Bonchev–Trinajstić information content (AvgIpc) is 2.60. The fourth-order valence-electron chi connectivity index (χ4n) is 4.48. The number of nitrogens with one attached hydrogen (secondary N) is 1. The maximum absolute atomic E-state index is 12.9. The zero-order valence-corrected chi connectivity index (χ0v) is 17.2. The van der Waals surface area contributed by atoms with Crippen molar-refractivity contribution in [3.8, 4) is 0 Å². The van der Waals surface area contributed by atoms with E-state index in [9.17, 15) is 14.7 Å². The molecule has 28 heavy (non-hydrogen) atoms. The molecule has 1 spiro atoms. The van der Waals surface area contributed by atoms with Crippen LogP contribution in [0.3, 0.4) is 0 Å². The van der Waals surface area contributed by atoms with Gasteiger partial charge in [-0.15, -0.1) is 0 Å². The highest BCUT2D eigenvalue weighted by molar-refractivity contribution is 5.71. The molecule has 2 N–H and O–H groups in total. The molecule has 160 valence electrons. The zero-order chi connectivity index (χ0) is 20.4. The van der Waals surface area contributed by atoms with Gasteiger partial charge in [-0.25, -0.2) is 9.59 Å². The smallest absolute Gasteiger partial charge is 0.410 e. The Labute approximate surface area is 166 Å². The molecule has 2 heterocycles. The molecule has 8 heteroatoms. The Bertz CT molecular complexity index is 566. The average molecular weight is 399 g/mol. The van der Waals surface area contributed by atoms with Gasteiger partial charge in [-0.1, -0.05) is 0 Å². The van der Waals surface area contributed by atoms with Crippen molar-refractivity contribution >= 4 is 12.2 Å².